The van der Waals surface area contributed by atoms with Crippen molar-refractivity contribution in [3.05, 3.63) is 34.0 Å². The first kappa shape index (κ1) is 18.5. The van der Waals surface area contributed by atoms with E-state index < -0.39 is 32.5 Å². The minimum Gasteiger partial charge on any atom is -0.478 e. The second-order valence-corrected chi connectivity index (χ2v) is 10.1. The predicted molar refractivity (Wildman–Crippen MR) is 112 cm³/mol. The van der Waals surface area contributed by atoms with E-state index in [-0.39, 0.29) is 28.2 Å². The van der Waals surface area contributed by atoms with Crippen molar-refractivity contribution in [2.45, 2.75) is 4.90 Å². The minimum absolute atomic E-state index is 0.255. The van der Waals surface area contributed by atoms with Crippen molar-refractivity contribution in [1.82, 2.24) is 0 Å². The number of hydrogen-bond donors (Lipinski definition) is 1. The number of esters is 1. The first-order chi connectivity index (χ1) is 12.1. The molecule has 1 N–H and O–H groups in total. The van der Waals surface area contributed by atoms with Gasteiger partial charge in [-0.05, 0) is 79.9 Å². The number of rotatable bonds is 3. The maximum absolute atomic E-state index is 12.6. The summed E-state index contributed by atoms with van der Waals surface area (Å²) >= 11 is 6.11. The average molecular weight is 712 g/mol. The molecule has 0 radical (unpaired) electrons. The fourth-order valence-corrected chi connectivity index (χ4v) is 6.16. The fourth-order valence-electron chi connectivity index (χ4n) is 2.54. The van der Waals surface area contributed by atoms with Crippen LogP contribution in [0.5, 0.6) is 11.5 Å². The van der Waals surface area contributed by atoms with Crippen LogP contribution in [0.25, 0.3) is 11.2 Å². The van der Waals surface area contributed by atoms with Crippen molar-refractivity contribution >= 4 is 101 Å². The van der Waals surface area contributed by atoms with Crippen molar-refractivity contribution < 1.29 is 36.5 Å². The molecular formula is C14H3I3O8S. The van der Waals surface area contributed by atoms with E-state index in [0.29, 0.717) is 3.57 Å². The normalized spacial score (nSPS) is 14.6. The van der Waals surface area contributed by atoms with E-state index in [9.17, 15) is 23.1 Å². The van der Waals surface area contributed by atoms with Gasteiger partial charge in [0, 0.05) is 10.7 Å². The zero-order valence-corrected chi connectivity index (χ0v) is 19.3. The zero-order chi connectivity index (χ0) is 19.0. The fraction of sp³-hybridized carbons (Fsp3) is 0. The number of carbonyl (C=O) groups excluding carboxylic acids is 1. The van der Waals surface area contributed by atoms with Gasteiger partial charge in [0.25, 0.3) is 0 Å². The highest BCUT2D eigenvalue weighted by Gasteiger charge is 2.47. The lowest BCUT2D eigenvalue weighted by atomic mass is 10.2. The molecule has 3 heterocycles. The van der Waals surface area contributed by atoms with Gasteiger partial charge in [-0.3, -0.25) is 0 Å². The van der Waals surface area contributed by atoms with Gasteiger partial charge in [-0.15, -0.1) is 0 Å². The third-order valence-corrected chi connectivity index (χ3v) is 8.49. The molecule has 1 aliphatic heterocycles. The van der Waals surface area contributed by atoms with Gasteiger partial charge in [0.2, 0.25) is 11.5 Å². The summed E-state index contributed by atoms with van der Waals surface area (Å²) in [5.41, 5.74) is -0.948. The van der Waals surface area contributed by atoms with Crippen LogP contribution in [-0.2, 0) is 10.1 Å². The average Bonchev–Trinajstić information content (AvgIpc) is 3.13. The summed E-state index contributed by atoms with van der Waals surface area (Å²) in [5, 5.41) is 9.32. The van der Waals surface area contributed by atoms with E-state index in [4.69, 9.17) is 13.3 Å². The van der Waals surface area contributed by atoms with E-state index in [2.05, 4.69) is 22.6 Å². The number of hydrogen-bond acceptors (Lipinski definition) is 7. The summed E-state index contributed by atoms with van der Waals surface area (Å²) in [4.78, 5) is 23.5. The topological polar surface area (TPSA) is 120 Å². The molecule has 2 aromatic heterocycles. The van der Waals surface area contributed by atoms with Gasteiger partial charge in [0.05, 0.1) is 5.56 Å². The number of aromatic carboxylic acids is 1. The molecule has 0 saturated heterocycles. The number of fused-ring (bicyclic) bond motifs is 1. The highest BCUT2D eigenvalue weighted by Crippen LogP contribution is 2.54. The third-order valence-electron chi connectivity index (χ3n) is 3.55. The summed E-state index contributed by atoms with van der Waals surface area (Å²) in [7, 11) is -4.32. The van der Waals surface area contributed by atoms with Crippen molar-refractivity contribution in [2.24, 2.45) is 0 Å². The lowest BCUT2D eigenvalue weighted by Crippen LogP contribution is -2.12. The molecule has 8 nitrogen and oxygen atoms in total. The van der Waals surface area contributed by atoms with Crippen LogP contribution in [-0.4, -0.2) is 25.5 Å². The number of carbonyl (C=O) groups is 2. The van der Waals surface area contributed by atoms with Crippen LogP contribution in [0.15, 0.2) is 21.4 Å². The number of halogens is 3. The summed E-state index contributed by atoms with van der Waals surface area (Å²) in [6.07, 6.45) is 0. The first-order valence-electron chi connectivity index (χ1n) is 6.58. The number of furan rings is 2. The molecule has 0 saturated carbocycles. The maximum atomic E-state index is 12.6. The molecule has 1 aromatic carbocycles. The number of carboxylic acids is 1. The van der Waals surface area contributed by atoms with E-state index in [1.54, 1.807) is 6.07 Å². The Kier molecular flexibility index (Phi) is 4.31. The van der Waals surface area contributed by atoms with Crippen LogP contribution >= 0.6 is 67.8 Å². The summed E-state index contributed by atoms with van der Waals surface area (Å²) in [5.74, 6) is -2.96. The Bertz CT molecular complexity index is 1230. The SMILES string of the molecule is O=C(Oc1c2c3oc1c(C(=O)O)c3S(=O)(=O)O2)c1cc(I)cc(I)c1I. The molecule has 0 aliphatic carbocycles. The molecule has 2 bridgehead atoms. The van der Waals surface area contributed by atoms with Crippen LogP contribution in [0, 0.1) is 10.7 Å². The number of carboxylic acid groups (broad SMARTS) is 1. The predicted octanol–water partition coefficient (Wildman–Crippen LogP) is 3.68. The highest BCUT2D eigenvalue weighted by molar-refractivity contribution is 14.1. The van der Waals surface area contributed by atoms with Crippen LogP contribution in [0.2, 0.25) is 0 Å². The van der Waals surface area contributed by atoms with E-state index >= 15 is 0 Å². The minimum atomic E-state index is -4.32. The molecule has 0 unspecified atom stereocenters. The molecule has 4 rings (SSSR count). The smallest absolute Gasteiger partial charge is 0.344 e. The summed E-state index contributed by atoms with van der Waals surface area (Å²) in [6, 6.07) is 3.48. The Hall–Kier alpha value is -0.880. The Morgan fingerprint density at radius 1 is 1.12 bits per heavy atom. The first-order valence-corrected chi connectivity index (χ1v) is 11.2. The van der Waals surface area contributed by atoms with Gasteiger partial charge in [-0.1, -0.05) is 0 Å². The standard InChI is InChI=1S/C14H3I3O8S/c15-3-1-4(7(17)5(16)2-3)14(20)24-9-8-6(13(18)19)12-11(23-8)10(9)25-26(12,21)22/h1-2H,(H,18,19). The maximum Gasteiger partial charge on any atom is 0.344 e. The van der Waals surface area contributed by atoms with Gasteiger partial charge in [-0.25, -0.2) is 9.59 Å². The second-order valence-electron chi connectivity index (χ2n) is 5.10. The number of benzene rings is 2. The van der Waals surface area contributed by atoms with Crippen LogP contribution in [0.4, 0.5) is 0 Å². The molecule has 26 heavy (non-hydrogen) atoms. The Balaban J connectivity index is 1.84. The van der Waals surface area contributed by atoms with Crippen LogP contribution in [0.3, 0.4) is 0 Å². The van der Waals surface area contributed by atoms with E-state index in [1.165, 1.54) is 0 Å². The monoisotopic (exact) mass is 712 g/mol. The third kappa shape index (κ3) is 2.59. The molecule has 1 aliphatic rings. The van der Waals surface area contributed by atoms with E-state index in [0.717, 1.165) is 7.14 Å². The van der Waals surface area contributed by atoms with Gasteiger partial charge < -0.3 is 18.4 Å². The van der Waals surface area contributed by atoms with Crippen molar-refractivity contribution in [3.8, 4) is 11.5 Å². The Morgan fingerprint density at radius 3 is 2.46 bits per heavy atom. The quantitative estimate of drug-likeness (QED) is 0.144. The number of ether oxygens (including phenoxy) is 1. The van der Waals surface area contributed by atoms with Crippen LogP contribution < -0.4 is 8.92 Å². The Morgan fingerprint density at radius 2 is 1.81 bits per heavy atom. The van der Waals surface area contributed by atoms with Gasteiger partial charge in [0.15, 0.2) is 16.1 Å². The van der Waals surface area contributed by atoms with Gasteiger partial charge >= 0.3 is 22.1 Å². The lowest BCUT2D eigenvalue weighted by Gasteiger charge is -2.08. The van der Waals surface area contributed by atoms with Crippen LogP contribution in [0.1, 0.15) is 20.7 Å². The molecule has 0 fully saturated rings. The lowest BCUT2D eigenvalue weighted by molar-refractivity contribution is 0.0687. The van der Waals surface area contributed by atoms with Crippen molar-refractivity contribution in [2.75, 3.05) is 0 Å². The van der Waals surface area contributed by atoms with Crippen molar-refractivity contribution in [3.63, 3.8) is 0 Å². The molecule has 0 atom stereocenters. The molecule has 0 amide bonds. The van der Waals surface area contributed by atoms with E-state index in [1.807, 2.05) is 51.2 Å². The zero-order valence-electron chi connectivity index (χ0n) is 12.0. The second kappa shape index (κ2) is 6.06. The molecule has 12 heteroatoms. The van der Waals surface area contributed by atoms with Crippen molar-refractivity contribution in [1.29, 1.82) is 0 Å². The molecule has 0 spiro atoms. The summed E-state index contributed by atoms with van der Waals surface area (Å²) in [6.45, 7) is 0. The van der Waals surface area contributed by atoms with Gasteiger partial charge in [-0.2, -0.15) is 8.42 Å². The highest BCUT2D eigenvalue weighted by atomic mass is 127. The summed E-state index contributed by atoms with van der Waals surface area (Å²) < 4.78 is 41.6. The van der Waals surface area contributed by atoms with Gasteiger partial charge in [0.1, 0.15) is 5.56 Å². The molecular weight excluding hydrogens is 709 g/mol. The molecule has 134 valence electrons. The largest absolute Gasteiger partial charge is 0.478 e. The Labute approximate surface area is 186 Å². The molecule has 3 aromatic rings.